The first-order valence-electron chi connectivity index (χ1n) is 6.69. The fourth-order valence-corrected chi connectivity index (χ4v) is 1.92. The molecular weight excluding hydrogens is 323 g/mol. The van der Waals surface area contributed by atoms with Gasteiger partial charge in [-0.15, -0.1) is 0 Å². The number of amides is 1. The molecule has 9 heteroatoms. The molecule has 1 rings (SSSR count). The maximum atomic E-state index is 12.6. The summed E-state index contributed by atoms with van der Waals surface area (Å²) in [7, 11) is 0. The number of hydrogen-bond acceptors (Lipinski definition) is 3. The van der Waals surface area contributed by atoms with Crippen LogP contribution in [0.2, 0.25) is 0 Å². The zero-order valence-corrected chi connectivity index (χ0v) is 13.0. The summed E-state index contributed by atoms with van der Waals surface area (Å²) in [6.45, 7) is 3.42. The molecule has 0 radical (unpaired) electrons. The van der Waals surface area contributed by atoms with Crippen molar-refractivity contribution in [2.75, 3.05) is 6.54 Å². The van der Waals surface area contributed by atoms with Gasteiger partial charge in [-0.25, -0.2) is 0 Å². The number of halogens is 4. The first kappa shape index (κ1) is 18.5. The molecule has 0 bridgehead atoms. The molecule has 1 aromatic heterocycles. The number of aryl methyl sites for hydroxylation is 1. The molecule has 1 unspecified atom stereocenters. The SMILES string of the molecule is Cc1cc(C(F)(F)F)nn1CC(C)C(=O)NCCCC(=O)Cl. The van der Waals surface area contributed by atoms with Crippen LogP contribution in [0.5, 0.6) is 0 Å². The Morgan fingerprint density at radius 1 is 1.45 bits per heavy atom. The van der Waals surface area contributed by atoms with Gasteiger partial charge in [-0.1, -0.05) is 6.92 Å². The number of carbonyl (C=O) groups is 2. The number of rotatable bonds is 7. The molecule has 0 aliphatic rings. The van der Waals surface area contributed by atoms with Gasteiger partial charge in [0.05, 0.1) is 12.5 Å². The lowest BCUT2D eigenvalue weighted by molar-refractivity contribution is -0.141. The molecule has 124 valence electrons. The third-order valence-electron chi connectivity index (χ3n) is 3.02. The van der Waals surface area contributed by atoms with Crippen LogP contribution in [0.25, 0.3) is 0 Å². The van der Waals surface area contributed by atoms with E-state index in [9.17, 15) is 22.8 Å². The van der Waals surface area contributed by atoms with Gasteiger partial charge in [-0.05, 0) is 31.0 Å². The van der Waals surface area contributed by atoms with Crippen LogP contribution < -0.4 is 5.32 Å². The zero-order valence-electron chi connectivity index (χ0n) is 12.2. The molecule has 0 spiro atoms. The molecule has 0 fully saturated rings. The highest BCUT2D eigenvalue weighted by Crippen LogP contribution is 2.28. The summed E-state index contributed by atoms with van der Waals surface area (Å²) in [6, 6.07) is 0.941. The van der Waals surface area contributed by atoms with Gasteiger partial charge in [0.25, 0.3) is 0 Å². The number of aromatic nitrogens is 2. The quantitative estimate of drug-likeness (QED) is 0.613. The lowest BCUT2D eigenvalue weighted by Crippen LogP contribution is -2.32. The molecule has 0 saturated carbocycles. The zero-order chi connectivity index (χ0) is 16.9. The lowest BCUT2D eigenvalue weighted by atomic mass is 10.1. The molecule has 1 atom stereocenters. The minimum absolute atomic E-state index is 0.0438. The van der Waals surface area contributed by atoms with Gasteiger partial charge >= 0.3 is 6.18 Å². The maximum Gasteiger partial charge on any atom is 0.435 e. The number of nitrogens with zero attached hydrogens (tertiary/aromatic N) is 2. The number of alkyl halides is 3. The van der Waals surface area contributed by atoms with Crippen molar-refractivity contribution in [2.45, 2.75) is 39.4 Å². The van der Waals surface area contributed by atoms with Crippen LogP contribution in [0, 0.1) is 12.8 Å². The molecule has 1 N–H and O–H groups in total. The van der Waals surface area contributed by atoms with E-state index in [1.54, 1.807) is 6.92 Å². The van der Waals surface area contributed by atoms with E-state index in [4.69, 9.17) is 11.6 Å². The van der Waals surface area contributed by atoms with Crippen molar-refractivity contribution in [1.29, 1.82) is 0 Å². The van der Waals surface area contributed by atoms with Crippen molar-refractivity contribution in [1.82, 2.24) is 15.1 Å². The van der Waals surface area contributed by atoms with Gasteiger partial charge in [-0.3, -0.25) is 14.3 Å². The van der Waals surface area contributed by atoms with Gasteiger partial charge in [0.1, 0.15) is 0 Å². The smallest absolute Gasteiger partial charge is 0.356 e. The topological polar surface area (TPSA) is 64.0 Å². The Balaban J connectivity index is 2.54. The van der Waals surface area contributed by atoms with Gasteiger partial charge in [-0.2, -0.15) is 18.3 Å². The molecule has 0 aliphatic carbocycles. The Kier molecular flexibility index (Phi) is 6.40. The highest BCUT2D eigenvalue weighted by Gasteiger charge is 2.34. The number of hydrogen-bond donors (Lipinski definition) is 1. The first-order valence-corrected chi connectivity index (χ1v) is 7.06. The van der Waals surface area contributed by atoms with E-state index in [1.165, 1.54) is 6.92 Å². The second-order valence-corrected chi connectivity index (χ2v) is 5.42. The number of nitrogens with one attached hydrogen (secondary N) is 1. The second-order valence-electron chi connectivity index (χ2n) is 5.00. The van der Waals surface area contributed by atoms with Crippen LogP contribution in [0.4, 0.5) is 13.2 Å². The Hall–Kier alpha value is -1.57. The molecule has 5 nitrogen and oxygen atoms in total. The molecule has 1 amide bonds. The molecule has 0 aliphatic heterocycles. The van der Waals surface area contributed by atoms with E-state index in [2.05, 4.69) is 10.4 Å². The normalized spacial score (nSPS) is 13.0. The molecule has 0 saturated heterocycles. The van der Waals surface area contributed by atoms with Gasteiger partial charge in [0.15, 0.2) is 5.69 Å². The fraction of sp³-hybridized carbons (Fsp3) is 0.615. The van der Waals surface area contributed by atoms with E-state index in [-0.39, 0.29) is 25.4 Å². The van der Waals surface area contributed by atoms with E-state index >= 15 is 0 Å². The summed E-state index contributed by atoms with van der Waals surface area (Å²) in [6.07, 6.45) is -3.93. The Morgan fingerprint density at radius 2 is 2.09 bits per heavy atom. The summed E-state index contributed by atoms with van der Waals surface area (Å²) in [5.74, 6) is -0.864. The minimum Gasteiger partial charge on any atom is -0.356 e. The fourth-order valence-electron chi connectivity index (χ4n) is 1.79. The monoisotopic (exact) mass is 339 g/mol. The molecule has 0 aromatic carbocycles. The minimum atomic E-state index is -4.50. The molecule has 1 aromatic rings. The van der Waals surface area contributed by atoms with E-state index in [0.717, 1.165) is 10.7 Å². The van der Waals surface area contributed by atoms with Crippen molar-refractivity contribution in [3.8, 4) is 0 Å². The predicted octanol–water partition coefficient (Wildman–Crippen LogP) is 2.51. The summed E-state index contributed by atoms with van der Waals surface area (Å²) >= 11 is 5.16. The van der Waals surface area contributed by atoms with Gasteiger partial charge < -0.3 is 5.32 Å². The number of carbonyl (C=O) groups excluding carboxylic acids is 2. The van der Waals surface area contributed by atoms with E-state index < -0.39 is 23.0 Å². The van der Waals surface area contributed by atoms with Crippen LogP contribution in [0.15, 0.2) is 6.07 Å². The third-order valence-corrected chi connectivity index (χ3v) is 3.20. The highest BCUT2D eigenvalue weighted by atomic mass is 35.5. The molecule has 22 heavy (non-hydrogen) atoms. The van der Waals surface area contributed by atoms with Crippen molar-refractivity contribution in [3.05, 3.63) is 17.5 Å². The summed E-state index contributed by atoms with van der Waals surface area (Å²) in [4.78, 5) is 22.3. The lowest BCUT2D eigenvalue weighted by Gasteiger charge is -2.13. The van der Waals surface area contributed by atoms with Crippen molar-refractivity contribution in [2.24, 2.45) is 5.92 Å². The van der Waals surface area contributed by atoms with Crippen LogP contribution in [0.1, 0.15) is 31.2 Å². The van der Waals surface area contributed by atoms with Gasteiger partial charge in [0.2, 0.25) is 11.1 Å². The Labute approximate surface area is 130 Å². The van der Waals surface area contributed by atoms with Crippen molar-refractivity contribution in [3.63, 3.8) is 0 Å². The molecular formula is C13H17ClF3N3O2. The van der Waals surface area contributed by atoms with Crippen LogP contribution in [0.3, 0.4) is 0 Å². The van der Waals surface area contributed by atoms with E-state index in [1.807, 2.05) is 0 Å². The average Bonchev–Trinajstić information content (AvgIpc) is 2.75. The van der Waals surface area contributed by atoms with Gasteiger partial charge in [0, 0.05) is 18.7 Å². The largest absolute Gasteiger partial charge is 0.435 e. The Bertz CT molecular complexity index is 543. The summed E-state index contributed by atoms with van der Waals surface area (Å²) < 4.78 is 38.8. The highest BCUT2D eigenvalue weighted by molar-refractivity contribution is 6.63. The standard InChI is InChI=1S/C13H17ClF3N3O2/c1-8(12(22)18-5-3-4-11(14)21)7-20-9(2)6-10(19-20)13(15,16)17/h6,8H,3-5,7H2,1-2H3,(H,18,22). The summed E-state index contributed by atoms with van der Waals surface area (Å²) in [5.41, 5.74) is -0.641. The van der Waals surface area contributed by atoms with E-state index in [0.29, 0.717) is 12.1 Å². The maximum absolute atomic E-state index is 12.6. The average molecular weight is 340 g/mol. The Morgan fingerprint density at radius 3 is 2.59 bits per heavy atom. The summed E-state index contributed by atoms with van der Waals surface area (Å²) in [5, 5.41) is 5.60. The van der Waals surface area contributed by atoms with Crippen LogP contribution in [-0.2, 0) is 22.3 Å². The first-order chi connectivity index (χ1) is 10.1. The third kappa shape index (κ3) is 5.67. The van der Waals surface area contributed by atoms with Crippen molar-refractivity contribution >= 4 is 22.8 Å². The van der Waals surface area contributed by atoms with Crippen molar-refractivity contribution < 1.29 is 22.8 Å². The predicted molar refractivity (Wildman–Crippen MR) is 74.2 cm³/mol. The second kappa shape index (κ2) is 7.62. The molecule has 1 heterocycles. The van der Waals surface area contributed by atoms with Crippen LogP contribution in [-0.4, -0.2) is 27.5 Å². The van der Waals surface area contributed by atoms with Crippen LogP contribution >= 0.6 is 11.6 Å².